The van der Waals surface area contributed by atoms with Crippen LogP contribution in [-0.4, -0.2) is 71.6 Å². The van der Waals surface area contributed by atoms with Crippen LogP contribution in [0, 0.1) is 17.2 Å². The molecule has 0 spiro atoms. The Kier molecular flexibility index (Phi) is 7.55. The molecule has 2 aliphatic heterocycles. The zero-order valence-corrected chi connectivity index (χ0v) is 19.0. The lowest BCUT2D eigenvalue weighted by Gasteiger charge is -2.35. The van der Waals surface area contributed by atoms with Gasteiger partial charge in [0, 0.05) is 45.8 Å². The van der Waals surface area contributed by atoms with Crippen LogP contribution in [0.4, 0.5) is 4.79 Å². The highest BCUT2D eigenvalue weighted by atomic mass is 16.6. The number of benzene rings is 1. The second-order valence-corrected chi connectivity index (χ2v) is 9.53. The Hall–Kier alpha value is -2.59. The lowest BCUT2D eigenvalue weighted by molar-refractivity contribution is -0.137. The minimum Gasteiger partial charge on any atom is -0.444 e. The Morgan fingerprint density at radius 3 is 2.42 bits per heavy atom. The van der Waals surface area contributed by atoms with Crippen molar-refractivity contribution < 1.29 is 14.3 Å². The average molecular weight is 427 g/mol. The van der Waals surface area contributed by atoms with Crippen molar-refractivity contribution in [2.75, 3.05) is 39.3 Å². The number of amides is 2. The van der Waals surface area contributed by atoms with E-state index >= 15 is 0 Å². The first-order valence-electron chi connectivity index (χ1n) is 11.2. The molecule has 1 aromatic carbocycles. The van der Waals surface area contributed by atoms with E-state index in [-0.39, 0.29) is 17.9 Å². The van der Waals surface area contributed by atoms with Crippen molar-refractivity contribution in [1.82, 2.24) is 14.7 Å². The van der Waals surface area contributed by atoms with Crippen LogP contribution in [-0.2, 0) is 16.1 Å². The van der Waals surface area contributed by atoms with E-state index < -0.39 is 5.60 Å². The third-order valence-electron chi connectivity index (χ3n) is 5.81. The van der Waals surface area contributed by atoms with Gasteiger partial charge in [-0.1, -0.05) is 12.1 Å². The predicted octanol–water partition coefficient (Wildman–Crippen LogP) is 3.24. The summed E-state index contributed by atoms with van der Waals surface area (Å²) in [5, 5.41) is 8.95. The minimum atomic E-state index is -0.531. The van der Waals surface area contributed by atoms with Gasteiger partial charge in [0.05, 0.1) is 17.6 Å². The summed E-state index contributed by atoms with van der Waals surface area (Å²) >= 11 is 0. The van der Waals surface area contributed by atoms with Gasteiger partial charge in [-0.2, -0.15) is 5.26 Å². The van der Waals surface area contributed by atoms with E-state index in [1.807, 2.05) is 49.9 Å². The van der Waals surface area contributed by atoms with E-state index in [9.17, 15) is 9.59 Å². The Balaban J connectivity index is 1.52. The molecule has 7 heteroatoms. The molecule has 1 aromatic rings. The van der Waals surface area contributed by atoms with Gasteiger partial charge in [0.1, 0.15) is 5.60 Å². The molecule has 2 saturated heterocycles. The van der Waals surface area contributed by atoms with Gasteiger partial charge in [-0.15, -0.1) is 0 Å². The van der Waals surface area contributed by atoms with Gasteiger partial charge in [0.25, 0.3) is 0 Å². The van der Waals surface area contributed by atoms with Gasteiger partial charge in [0.15, 0.2) is 0 Å². The summed E-state index contributed by atoms with van der Waals surface area (Å²) in [6.45, 7) is 10.7. The number of piperidine rings is 1. The molecular formula is C24H34N4O3. The summed E-state index contributed by atoms with van der Waals surface area (Å²) in [6, 6.07) is 9.85. The Labute approximate surface area is 185 Å². The first-order valence-corrected chi connectivity index (χ1v) is 11.2. The molecule has 0 N–H and O–H groups in total. The topological polar surface area (TPSA) is 76.9 Å². The molecule has 2 aliphatic rings. The van der Waals surface area contributed by atoms with Crippen LogP contribution < -0.4 is 0 Å². The van der Waals surface area contributed by atoms with Crippen molar-refractivity contribution in [2.24, 2.45) is 5.92 Å². The Morgan fingerprint density at radius 1 is 1.03 bits per heavy atom. The van der Waals surface area contributed by atoms with E-state index in [4.69, 9.17) is 10.00 Å². The molecule has 3 rings (SSSR count). The Morgan fingerprint density at radius 2 is 1.74 bits per heavy atom. The van der Waals surface area contributed by atoms with Crippen LogP contribution >= 0.6 is 0 Å². The number of rotatable bonds is 3. The molecule has 0 aromatic heterocycles. The second-order valence-electron chi connectivity index (χ2n) is 9.53. The second kappa shape index (κ2) is 10.1. The van der Waals surface area contributed by atoms with Gasteiger partial charge in [-0.3, -0.25) is 9.69 Å². The molecule has 0 radical (unpaired) electrons. The van der Waals surface area contributed by atoms with Crippen molar-refractivity contribution in [2.45, 2.75) is 52.2 Å². The highest BCUT2D eigenvalue weighted by Crippen LogP contribution is 2.22. The fourth-order valence-electron chi connectivity index (χ4n) is 4.22. The molecule has 2 heterocycles. The van der Waals surface area contributed by atoms with Gasteiger partial charge < -0.3 is 14.5 Å². The predicted molar refractivity (Wildman–Crippen MR) is 118 cm³/mol. The minimum absolute atomic E-state index is 0.147. The maximum Gasteiger partial charge on any atom is 0.410 e. The van der Waals surface area contributed by atoms with Crippen LogP contribution in [0.5, 0.6) is 0 Å². The van der Waals surface area contributed by atoms with Crippen LogP contribution in [0.1, 0.15) is 51.2 Å². The van der Waals surface area contributed by atoms with Crippen molar-refractivity contribution in [3.63, 3.8) is 0 Å². The molecule has 7 nitrogen and oxygen atoms in total. The molecule has 0 bridgehead atoms. The van der Waals surface area contributed by atoms with Gasteiger partial charge >= 0.3 is 6.09 Å². The largest absolute Gasteiger partial charge is 0.444 e. The van der Waals surface area contributed by atoms with Crippen molar-refractivity contribution in [3.8, 4) is 6.07 Å². The summed E-state index contributed by atoms with van der Waals surface area (Å²) in [5.74, 6) is 0.0137. The SMILES string of the molecule is CC(C)(C)OC(=O)N1CCCC(C(=O)N2CCCN(Cc3ccc(C#N)cc3)CC2)C1. The highest BCUT2D eigenvalue weighted by Gasteiger charge is 2.33. The number of nitriles is 1. The number of ether oxygens (including phenoxy) is 1. The average Bonchev–Trinajstić information content (AvgIpc) is 2.98. The number of carbonyl (C=O) groups excluding carboxylic acids is 2. The van der Waals surface area contributed by atoms with E-state index in [2.05, 4.69) is 11.0 Å². The third kappa shape index (κ3) is 6.70. The van der Waals surface area contributed by atoms with Crippen LogP contribution in [0.3, 0.4) is 0 Å². The molecule has 1 atom stereocenters. The first kappa shape index (κ1) is 23.1. The number of nitrogens with zero attached hydrogens (tertiary/aromatic N) is 4. The Bertz CT molecular complexity index is 810. The smallest absolute Gasteiger partial charge is 0.410 e. The van der Waals surface area contributed by atoms with Crippen molar-refractivity contribution in [1.29, 1.82) is 5.26 Å². The third-order valence-corrected chi connectivity index (χ3v) is 5.81. The molecule has 168 valence electrons. The fraction of sp³-hybridized carbons (Fsp3) is 0.625. The maximum absolute atomic E-state index is 13.2. The van der Waals surface area contributed by atoms with Gasteiger partial charge in [-0.25, -0.2) is 4.79 Å². The van der Waals surface area contributed by atoms with Crippen LogP contribution in [0.25, 0.3) is 0 Å². The van der Waals surface area contributed by atoms with Crippen LogP contribution in [0.2, 0.25) is 0 Å². The lowest BCUT2D eigenvalue weighted by Crippen LogP contribution is -2.48. The molecule has 1 unspecified atom stereocenters. The number of likely N-dealkylation sites (tertiary alicyclic amines) is 1. The quantitative estimate of drug-likeness (QED) is 0.742. The van der Waals surface area contributed by atoms with Crippen molar-refractivity contribution in [3.05, 3.63) is 35.4 Å². The van der Waals surface area contributed by atoms with E-state index in [0.29, 0.717) is 25.2 Å². The maximum atomic E-state index is 13.2. The molecule has 0 saturated carbocycles. The van der Waals surface area contributed by atoms with Gasteiger partial charge in [-0.05, 0) is 57.7 Å². The monoisotopic (exact) mass is 426 g/mol. The summed E-state index contributed by atoms with van der Waals surface area (Å²) in [7, 11) is 0. The normalized spacial score (nSPS) is 20.6. The van der Waals surface area contributed by atoms with Crippen LogP contribution in [0.15, 0.2) is 24.3 Å². The summed E-state index contributed by atoms with van der Waals surface area (Å²) in [5.41, 5.74) is 1.32. The van der Waals surface area contributed by atoms with E-state index in [1.165, 1.54) is 5.56 Å². The van der Waals surface area contributed by atoms with E-state index in [0.717, 1.165) is 45.4 Å². The van der Waals surface area contributed by atoms with Gasteiger partial charge in [0.2, 0.25) is 5.91 Å². The number of hydrogen-bond acceptors (Lipinski definition) is 5. The fourth-order valence-corrected chi connectivity index (χ4v) is 4.22. The molecule has 0 aliphatic carbocycles. The standard InChI is InChI=1S/C24H34N4O3/c1-24(2,3)31-23(30)28-12-4-6-21(18-28)22(29)27-13-5-11-26(14-15-27)17-20-9-7-19(16-25)8-10-20/h7-10,21H,4-6,11-15,17-18H2,1-3H3. The summed E-state index contributed by atoms with van der Waals surface area (Å²) < 4.78 is 5.49. The first-order chi connectivity index (χ1) is 14.7. The summed E-state index contributed by atoms with van der Waals surface area (Å²) in [4.78, 5) is 31.6. The zero-order valence-electron chi connectivity index (χ0n) is 19.0. The number of hydrogen-bond donors (Lipinski definition) is 0. The summed E-state index contributed by atoms with van der Waals surface area (Å²) in [6.07, 6.45) is 2.26. The van der Waals surface area contributed by atoms with Crippen molar-refractivity contribution >= 4 is 12.0 Å². The molecule has 2 amide bonds. The lowest BCUT2D eigenvalue weighted by atomic mass is 9.96. The van der Waals surface area contributed by atoms with E-state index in [1.54, 1.807) is 4.90 Å². The zero-order chi connectivity index (χ0) is 22.4. The molecule has 2 fully saturated rings. The number of carbonyl (C=O) groups is 2. The molecule has 31 heavy (non-hydrogen) atoms. The highest BCUT2D eigenvalue weighted by molar-refractivity contribution is 5.80. The molecular weight excluding hydrogens is 392 g/mol.